The highest BCUT2D eigenvalue weighted by Crippen LogP contribution is 2.16. The molecule has 1 aromatic carbocycles. The molecule has 0 atom stereocenters. The van der Waals surface area contributed by atoms with Gasteiger partial charge in [-0.1, -0.05) is 22.0 Å². The van der Waals surface area contributed by atoms with E-state index in [9.17, 15) is 4.39 Å². The number of anilines is 1. The van der Waals surface area contributed by atoms with Crippen LogP contribution in [-0.2, 0) is 6.54 Å². The predicted octanol–water partition coefficient (Wildman–Crippen LogP) is 3.60. The van der Waals surface area contributed by atoms with Gasteiger partial charge in [-0.3, -0.25) is 4.98 Å². The van der Waals surface area contributed by atoms with E-state index < -0.39 is 0 Å². The van der Waals surface area contributed by atoms with Crippen LogP contribution in [0.4, 0.5) is 10.1 Å². The summed E-state index contributed by atoms with van der Waals surface area (Å²) < 4.78 is 14.2. The van der Waals surface area contributed by atoms with Crippen molar-refractivity contribution in [2.75, 3.05) is 5.32 Å². The number of benzene rings is 1. The summed E-state index contributed by atoms with van der Waals surface area (Å²) in [7, 11) is 0. The van der Waals surface area contributed by atoms with Crippen molar-refractivity contribution in [2.24, 2.45) is 0 Å². The molecule has 1 aromatic heterocycles. The lowest BCUT2D eigenvalue weighted by Gasteiger charge is -2.06. The highest BCUT2D eigenvalue weighted by molar-refractivity contribution is 9.10. The zero-order valence-corrected chi connectivity index (χ0v) is 10.0. The molecule has 0 saturated carbocycles. The average Bonchev–Trinajstić information content (AvgIpc) is 2.29. The number of hydrogen-bond acceptors (Lipinski definition) is 2. The van der Waals surface area contributed by atoms with Gasteiger partial charge in [-0.25, -0.2) is 4.39 Å². The van der Waals surface area contributed by atoms with Gasteiger partial charge in [0, 0.05) is 29.0 Å². The van der Waals surface area contributed by atoms with E-state index in [2.05, 4.69) is 26.2 Å². The fourth-order valence-electron chi connectivity index (χ4n) is 1.33. The van der Waals surface area contributed by atoms with Crippen molar-refractivity contribution < 1.29 is 4.39 Å². The molecule has 16 heavy (non-hydrogen) atoms. The van der Waals surface area contributed by atoms with Crippen molar-refractivity contribution >= 4 is 21.6 Å². The first-order valence-corrected chi connectivity index (χ1v) is 5.63. The number of hydrogen-bond donors (Lipinski definition) is 1. The number of rotatable bonds is 3. The van der Waals surface area contributed by atoms with E-state index in [1.807, 2.05) is 18.2 Å². The second kappa shape index (κ2) is 5.07. The molecule has 0 bridgehead atoms. The van der Waals surface area contributed by atoms with Gasteiger partial charge in [-0.15, -0.1) is 0 Å². The third kappa shape index (κ3) is 2.79. The number of pyridine rings is 1. The SMILES string of the molecule is Fc1cc(Br)ccc1CNc1cccnc1. The van der Waals surface area contributed by atoms with Crippen molar-refractivity contribution in [1.29, 1.82) is 0 Å². The monoisotopic (exact) mass is 280 g/mol. The van der Waals surface area contributed by atoms with Crippen molar-refractivity contribution in [3.05, 3.63) is 58.6 Å². The van der Waals surface area contributed by atoms with Crippen LogP contribution in [0.3, 0.4) is 0 Å². The molecule has 0 spiro atoms. The van der Waals surface area contributed by atoms with Gasteiger partial charge >= 0.3 is 0 Å². The molecule has 0 radical (unpaired) electrons. The summed E-state index contributed by atoms with van der Waals surface area (Å²) in [6.07, 6.45) is 3.40. The Morgan fingerprint density at radius 2 is 2.19 bits per heavy atom. The van der Waals surface area contributed by atoms with Gasteiger partial charge in [0.25, 0.3) is 0 Å². The van der Waals surface area contributed by atoms with Crippen molar-refractivity contribution in [1.82, 2.24) is 4.98 Å². The first-order chi connectivity index (χ1) is 7.75. The van der Waals surface area contributed by atoms with Gasteiger partial charge in [0.15, 0.2) is 0 Å². The van der Waals surface area contributed by atoms with Crippen LogP contribution in [0.5, 0.6) is 0 Å². The van der Waals surface area contributed by atoms with Gasteiger partial charge in [-0.2, -0.15) is 0 Å². The van der Waals surface area contributed by atoms with E-state index in [4.69, 9.17) is 0 Å². The molecule has 0 fully saturated rings. The number of nitrogens with one attached hydrogen (secondary N) is 1. The van der Waals surface area contributed by atoms with Crippen molar-refractivity contribution in [2.45, 2.75) is 6.54 Å². The Morgan fingerprint density at radius 3 is 2.88 bits per heavy atom. The highest BCUT2D eigenvalue weighted by atomic mass is 79.9. The molecule has 2 nitrogen and oxygen atoms in total. The molecule has 2 aromatic rings. The molecule has 82 valence electrons. The van der Waals surface area contributed by atoms with Gasteiger partial charge in [0.05, 0.1) is 5.69 Å². The summed E-state index contributed by atoms with van der Waals surface area (Å²) in [6.45, 7) is 0.449. The van der Waals surface area contributed by atoms with Gasteiger partial charge in [0.1, 0.15) is 5.82 Å². The van der Waals surface area contributed by atoms with E-state index in [1.165, 1.54) is 6.07 Å². The molecule has 2 rings (SSSR count). The Labute approximate surface area is 102 Å². The van der Waals surface area contributed by atoms with E-state index in [0.29, 0.717) is 12.1 Å². The zero-order valence-electron chi connectivity index (χ0n) is 8.45. The molecule has 4 heteroatoms. The molecular formula is C12H10BrFN2. The van der Waals surface area contributed by atoms with Gasteiger partial charge in [0.2, 0.25) is 0 Å². The molecule has 0 aliphatic carbocycles. The summed E-state index contributed by atoms with van der Waals surface area (Å²) in [4.78, 5) is 3.97. The summed E-state index contributed by atoms with van der Waals surface area (Å²) in [5.74, 6) is -0.217. The lowest BCUT2D eigenvalue weighted by atomic mass is 10.2. The first-order valence-electron chi connectivity index (χ1n) is 4.83. The van der Waals surface area contributed by atoms with Gasteiger partial charge in [-0.05, 0) is 24.3 Å². The fourth-order valence-corrected chi connectivity index (χ4v) is 1.66. The van der Waals surface area contributed by atoms with Crippen LogP contribution in [0, 0.1) is 5.82 Å². The molecule has 0 saturated heterocycles. The van der Waals surface area contributed by atoms with Crippen LogP contribution in [0.2, 0.25) is 0 Å². The fraction of sp³-hybridized carbons (Fsp3) is 0.0833. The topological polar surface area (TPSA) is 24.9 Å². The van der Waals surface area contributed by atoms with Crippen LogP contribution in [0.25, 0.3) is 0 Å². The Morgan fingerprint density at radius 1 is 1.31 bits per heavy atom. The normalized spacial score (nSPS) is 10.1. The van der Waals surface area contributed by atoms with E-state index >= 15 is 0 Å². The van der Waals surface area contributed by atoms with Crippen LogP contribution in [-0.4, -0.2) is 4.98 Å². The Bertz CT molecular complexity index is 474. The highest BCUT2D eigenvalue weighted by Gasteiger charge is 2.02. The quantitative estimate of drug-likeness (QED) is 0.929. The standard InChI is InChI=1S/C12H10BrFN2/c13-10-4-3-9(12(14)6-10)7-16-11-2-1-5-15-8-11/h1-6,8,16H,7H2. The van der Waals surface area contributed by atoms with Crippen molar-refractivity contribution in [3.63, 3.8) is 0 Å². The van der Waals surface area contributed by atoms with Crippen LogP contribution < -0.4 is 5.32 Å². The smallest absolute Gasteiger partial charge is 0.129 e. The molecule has 0 amide bonds. The molecular weight excluding hydrogens is 271 g/mol. The van der Waals surface area contributed by atoms with Crippen molar-refractivity contribution in [3.8, 4) is 0 Å². The number of nitrogens with zero attached hydrogens (tertiary/aromatic N) is 1. The number of aromatic nitrogens is 1. The predicted molar refractivity (Wildman–Crippen MR) is 65.7 cm³/mol. The average molecular weight is 281 g/mol. The van der Waals surface area contributed by atoms with E-state index in [-0.39, 0.29) is 5.82 Å². The van der Waals surface area contributed by atoms with E-state index in [1.54, 1.807) is 18.5 Å². The van der Waals surface area contributed by atoms with Crippen LogP contribution in [0.15, 0.2) is 47.2 Å². The third-order valence-corrected chi connectivity index (χ3v) is 2.65. The minimum absolute atomic E-state index is 0.217. The second-order valence-electron chi connectivity index (χ2n) is 3.33. The molecule has 0 aliphatic rings. The first kappa shape index (κ1) is 11.1. The lowest BCUT2D eigenvalue weighted by Crippen LogP contribution is -2.01. The third-order valence-electron chi connectivity index (χ3n) is 2.16. The summed E-state index contributed by atoms with van der Waals surface area (Å²) in [6, 6.07) is 8.76. The Kier molecular flexibility index (Phi) is 3.51. The molecule has 1 heterocycles. The molecule has 0 unspecified atom stereocenters. The minimum Gasteiger partial charge on any atom is -0.380 e. The minimum atomic E-state index is -0.217. The van der Waals surface area contributed by atoms with E-state index in [0.717, 1.165) is 10.2 Å². The molecule has 0 aliphatic heterocycles. The number of halogens is 2. The Balaban J connectivity index is 2.05. The van der Waals surface area contributed by atoms with Crippen LogP contribution in [0.1, 0.15) is 5.56 Å². The maximum atomic E-state index is 13.5. The largest absolute Gasteiger partial charge is 0.380 e. The zero-order chi connectivity index (χ0) is 11.4. The van der Waals surface area contributed by atoms with Crippen LogP contribution >= 0.6 is 15.9 Å². The lowest BCUT2D eigenvalue weighted by molar-refractivity contribution is 0.612. The summed E-state index contributed by atoms with van der Waals surface area (Å²) in [5, 5.41) is 3.10. The summed E-state index contributed by atoms with van der Waals surface area (Å²) in [5.41, 5.74) is 1.51. The Hall–Kier alpha value is -1.42. The summed E-state index contributed by atoms with van der Waals surface area (Å²) >= 11 is 3.22. The maximum Gasteiger partial charge on any atom is 0.129 e. The maximum absolute atomic E-state index is 13.5. The van der Waals surface area contributed by atoms with Gasteiger partial charge < -0.3 is 5.32 Å². The second-order valence-corrected chi connectivity index (χ2v) is 4.25. The molecule has 1 N–H and O–H groups in total.